The van der Waals surface area contributed by atoms with Crippen LogP contribution in [0.5, 0.6) is 0 Å². The number of hydrogen-bond acceptors (Lipinski definition) is 6. The van der Waals surface area contributed by atoms with E-state index in [-0.39, 0.29) is 10.7 Å². The summed E-state index contributed by atoms with van der Waals surface area (Å²) in [5.74, 6) is 1.55. The van der Waals surface area contributed by atoms with E-state index in [9.17, 15) is 12.8 Å². The summed E-state index contributed by atoms with van der Waals surface area (Å²) in [5.41, 5.74) is 2.24. The molecule has 7 nitrogen and oxygen atoms in total. The summed E-state index contributed by atoms with van der Waals surface area (Å²) >= 11 is 1.39. The van der Waals surface area contributed by atoms with Gasteiger partial charge in [-0.1, -0.05) is 11.8 Å². The first kappa shape index (κ1) is 21.5. The van der Waals surface area contributed by atoms with Crippen molar-refractivity contribution in [2.45, 2.75) is 29.3 Å². The Bertz CT molecular complexity index is 1330. The fraction of sp³-hybridized carbons (Fsp3) is 0.238. The van der Waals surface area contributed by atoms with E-state index in [4.69, 9.17) is 4.42 Å². The highest BCUT2D eigenvalue weighted by molar-refractivity contribution is 7.98. The number of nitrogens with zero attached hydrogens (tertiary/aromatic N) is 4. The number of benzene rings is 2. The Balaban J connectivity index is 1.58. The zero-order valence-corrected chi connectivity index (χ0v) is 18.9. The van der Waals surface area contributed by atoms with Crippen LogP contribution >= 0.6 is 11.8 Å². The van der Waals surface area contributed by atoms with Crippen LogP contribution in [0.1, 0.15) is 12.7 Å². The third kappa shape index (κ3) is 4.23. The van der Waals surface area contributed by atoms with E-state index in [0.717, 1.165) is 16.9 Å². The van der Waals surface area contributed by atoms with Crippen molar-refractivity contribution in [3.8, 4) is 11.3 Å². The molecule has 31 heavy (non-hydrogen) atoms. The molecule has 0 aliphatic rings. The number of hydrogen-bond donors (Lipinski definition) is 0. The first-order valence-electron chi connectivity index (χ1n) is 9.56. The molecule has 4 aromatic rings. The van der Waals surface area contributed by atoms with Gasteiger partial charge in [-0.25, -0.2) is 27.1 Å². The molecule has 0 spiro atoms. The molecular formula is C21H21FN4O3S2. The molecule has 10 heteroatoms. The van der Waals surface area contributed by atoms with Gasteiger partial charge in [0.25, 0.3) is 5.22 Å². The molecule has 0 amide bonds. The summed E-state index contributed by atoms with van der Waals surface area (Å²) in [6.45, 7) is 2.70. The van der Waals surface area contributed by atoms with Crippen LogP contribution in [0.4, 0.5) is 4.39 Å². The van der Waals surface area contributed by atoms with Gasteiger partial charge in [0.15, 0.2) is 5.76 Å². The molecule has 4 rings (SSSR count). The second-order valence-corrected chi connectivity index (χ2v) is 10.1. The molecule has 2 aromatic carbocycles. The van der Waals surface area contributed by atoms with Gasteiger partial charge in [-0.05, 0) is 49.4 Å². The predicted octanol–water partition coefficient (Wildman–Crippen LogP) is 4.39. The first-order chi connectivity index (χ1) is 14.8. The summed E-state index contributed by atoms with van der Waals surface area (Å²) < 4.78 is 47.0. The predicted molar refractivity (Wildman–Crippen MR) is 118 cm³/mol. The normalized spacial score (nSPS) is 12.2. The van der Waals surface area contributed by atoms with Gasteiger partial charge in [0, 0.05) is 26.2 Å². The molecule has 0 aliphatic carbocycles. The van der Waals surface area contributed by atoms with E-state index in [0.29, 0.717) is 28.8 Å². The van der Waals surface area contributed by atoms with Gasteiger partial charge in [-0.2, -0.15) is 0 Å². The number of rotatable bonds is 7. The van der Waals surface area contributed by atoms with Crippen LogP contribution in [0.25, 0.3) is 22.4 Å². The van der Waals surface area contributed by atoms with Crippen LogP contribution in [0, 0.1) is 5.82 Å². The van der Waals surface area contributed by atoms with Crippen molar-refractivity contribution in [3.05, 3.63) is 60.3 Å². The molecule has 0 N–H and O–H groups in total. The maximum Gasteiger partial charge on any atom is 0.256 e. The molecule has 0 radical (unpaired) electrons. The molecule has 0 unspecified atom stereocenters. The number of oxazole rings is 1. The van der Waals surface area contributed by atoms with E-state index < -0.39 is 10.0 Å². The van der Waals surface area contributed by atoms with Crippen LogP contribution < -0.4 is 0 Å². The van der Waals surface area contributed by atoms with Crippen molar-refractivity contribution in [2.75, 3.05) is 14.1 Å². The van der Waals surface area contributed by atoms with Crippen LogP contribution in [0.2, 0.25) is 0 Å². The third-order valence-electron chi connectivity index (χ3n) is 4.83. The zero-order chi connectivity index (χ0) is 22.2. The smallest absolute Gasteiger partial charge is 0.256 e. The summed E-state index contributed by atoms with van der Waals surface area (Å²) in [5, 5.41) is 0.477. The minimum absolute atomic E-state index is 0.210. The second-order valence-electron chi connectivity index (χ2n) is 7.00. The van der Waals surface area contributed by atoms with E-state index >= 15 is 0 Å². The Labute approximate surface area is 184 Å². The fourth-order valence-corrected chi connectivity index (χ4v) is 4.86. The molecular weight excluding hydrogens is 439 g/mol. The number of sulfonamides is 1. The molecule has 2 heterocycles. The van der Waals surface area contributed by atoms with E-state index in [1.165, 1.54) is 42.3 Å². The van der Waals surface area contributed by atoms with Crippen LogP contribution in [0.15, 0.2) is 63.2 Å². The van der Waals surface area contributed by atoms with Crippen molar-refractivity contribution in [3.63, 3.8) is 0 Å². The van der Waals surface area contributed by atoms with E-state index in [2.05, 4.69) is 9.97 Å². The molecule has 0 bridgehead atoms. The van der Waals surface area contributed by atoms with Gasteiger partial charge in [0.2, 0.25) is 10.0 Å². The Kier molecular flexibility index (Phi) is 5.87. The monoisotopic (exact) mass is 460 g/mol. The summed E-state index contributed by atoms with van der Waals surface area (Å²) in [7, 11) is -0.524. The van der Waals surface area contributed by atoms with Gasteiger partial charge >= 0.3 is 0 Å². The Morgan fingerprint density at radius 3 is 2.58 bits per heavy atom. The number of halogens is 1. The largest absolute Gasteiger partial charge is 0.431 e. The number of aryl methyl sites for hydroxylation is 1. The quantitative estimate of drug-likeness (QED) is 0.381. The summed E-state index contributed by atoms with van der Waals surface area (Å²) in [4.78, 5) is 9.15. The molecule has 2 aromatic heterocycles. The highest BCUT2D eigenvalue weighted by atomic mass is 32.2. The lowest BCUT2D eigenvalue weighted by atomic mass is 10.2. The van der Waals surface area contributed by atoms with Crippen molar-refractivity contribution in [1.82, 2.24) is 18.8 Å². The maximum atomic E-state index is 13.1. The lowest BCUT2D eigenvalue weighted by Gasteiger charge is -2.11. The molecule has 0 aliphatic heterocycles. The van der Waals surface area contributed by atoms with Crippen LogP contribution in [0.3, 0.4) is 0 Å². The van der Waals surface area contributed by atoms with Crippen LogP contribution in [-0.2, 0) is 22.3 Å². The van der Waals surface area contributed by atoms with Crippen molar-refractivity contribution in [1.29, 1.82) is 0 Å². The third-order valence-corrected chi connectivity index (χ3v) is 7.48. The fourth-order valence-electron chi connectivity index (χ4n) is 3.19. The lowest BCUT2D eigenvalue weighted by Crippen LogP contribution is -2.22. The van der Waals surface area contributed by atoms with Gasteiger partial charge in [0.05, 0.1) is 27.9 Å². The summed E-state index contributed by atoms with van der Waals surface area (Å²) in [6.07, 6.45) is 1.61. The minimum atomic E-state index is -3.53. The number of imidazole rings is 1. The van der Waals surface area contributed by atoms with Gasteiger partial charge in [-0.3, -0.25) is 0 Å². The first-order valence-corrected chi connectivity index (χ1v) is 12.0. The van der Waals surface area contributed by atoms with E-state index in [1.807, 2.05) is 11.5 Å². The molecule has 0 atom stereocenters. The Morgan fingerprint density at radius 1 is 1.16 bits per heavy atom. The van der Waals surface area contributed by atoms with Crippen LogP contribution in [-0.4, -0.2) is 41.4 Å². The van der Waals surface area contributed by atoms with Crippen molar-refractivity contribution < 1.29 is 17.2 Å². The molecule has 0 saturated heterocycles. The topological polar surface area (TPSA) is 81.2 Å². The Morgan fingerprint density at radius 2 is 1.90 bits per heavy atom. The molecule has 0 saturated carbocycles. The highest BCUT2D eigenvalue weighted by Crippen LogP contribution is 2.29. The number of thioether (sulfide) groups is 1. The average molecular weight is 461 g/mol. The number of aromatic nitrogens is 3. The van der Waals surface area contributed by atoms with E-state index in [1.54, 1.807) is 36.5 Å². The average Bonchev–Trinajstić information content (AvgIpc) is 3.36. The van der Waals surface area contributed by atoms with Gasteiger partial charge in [0.1, 0.15) is 11.6 Å². The van der Waals surface area contributed by atoms with Crippen molar-refractivity contribution in [2.24, 2.45) is 0 Å². The minimum Gasteiger partial charge on any atom is -0.431 e. The number of fused-ring (bicyclic) bond motifs is 1. The maximum absolute atomic E-state index is 13.1. The van der Waals surface area contributed by atoms with Crippen molar-refractivity contribution >= 4 is 32.8 Å². The lowest BCUT2D eigenvalue weighted by molar-refractivity contribution is 0.466. The molecule has 162 valence electrons. The Hall–Kier alpha value is -2.69. The van der Waals surface area contributed by atoms with Gasteiger partial charge < -0.3 is 8.98 Å². The molecule has 0 fully saturated rings. The van der Waals surface area contributed by atoms with Gasteiger partial charge in [-0.15, -0.1) is 0 Å². The second kappa shape index (κ2) is 8.45. The zero-order valence-electron chi connectivity index (χ0n) is 17.2. The highest BCUT2D eigenvalue weighted by Gasteiger charge is 2.20. The standard InChI is InChI=1S/C21H21FN4O3S2/c1-4-26-18-10-9-16(31(27,28)25(2)3)11-17(18)24-20(26)13-30-21-23-12-19(29-21)14-5-7-15(22)8-6-14/h5-12H,4,13H2,1-3H3. The SMILES string of the molecule is CCn1c(CSc2ncc(-c3ccc(F)cc3)o2)nc2cc(S(=O)(=O)N(C)C)ccc21. The summed E-state index contributed by atoms with van der Waals surface area (Å²) in [6, 6.07) is 11.0.